The van der Waals surface area contributed by atoms with Crippen molar-refractivity contribution in [3.8, 4) is 5.75 Å². The van der Waals surface area contributed by atoms with Crippen LogP contribution in [0.3, 0.4) is 0 Å². The summed E-state index contributed by atoms with van der Waals surface area (Å²) < 4.78 is 6.13. The summed E-state index contributed by atoms with van der Waals surface area (Å²) in [5.41, 5.74) is 5.63. The van der Waals surface area contributed by atoms with E-state index in [1.54, 1.807) is 0 Å². The molecule has 0 spiro atoms. The fourth-order valence-corrected chi connectivity index (χ4v) is 2.07. The van der Waals surface area contributed by atoms with Crippen LogP contribution in [-0.4, -0.2) is 12.1 Å². The third kappa shape index (κ3) is 2.56. The lowest BCUT2D eigenvalue weighted by atomic mass is 9.80. The fourth-order valence-electron chi connectivity index (χ4n) is 2.07. The molecule has 2 heteroatoms. The summed E-state index contributed by atoms with van der Waals surface area (Å²) >= 11 is 0. The molecule has 1 radical (unpaired) electrons. The van der Waals surface area contributed by atoms with Gasteiger partial charge in [-0.15, -0.1) is 0 Å². The van der Waals surface area contributed by atoms with Crippen molar-refractivity contribution in [2.24, 2.45) is 17.6 Å². The van der Waals surface area contributed by atoms with E-state index in [4.69, 9.17) is 10.5 Å². The van der Waals surface area contributed by atoms with Gasteiger partial charge in [-0.25, -0.2) is 0 Å². The molecule has 2 nitrogen and oxygen atoms in total. The van der Waals surface area contributed by atoms with E-state index in [2.05, 4.69) is 33.8 Å². The Bertz CT molecular complexity index is 298. The second-order valence-electron chi connectivity index (χ2n) is 4.81. The smallest absolute Gasteiger partial charge is 0.126 e. The van der Waals surface area contributed by atoms with Crippen LogP contribution < -0.4 is 10.5 Å². The van der Waals surface area contributed by atoms with Crippen molar-refractivity contribution in [2.45, 2.75) is 33.3 Å². The summed E-state index contributed by atoms with van der Waals surface area (Å²) in [5.74, 6) is 1.62. The molecule has 0 aliphatic heterocycles. The van der Waals surface area contributed by atoms with E-state index >= 15 is 0 Å². The summed E-state index contributed by atoms with van der Waals surface area (Å²) in [6.45, 7) is 9.15. The lowest BCUT2D eigenvalue weighted by Gasteiger charge is -2.40. The average molecular weight is 220 g/mol. The number of benzene rings is 1. The highest BCUT2D eigenvalue weighted by Crippen LogP contribution is 2.31. The van der Waals surface area contributed by atoms with Crippen LogP contribution >= 0.6 is 0 Å². The first kappa shape index (κ1) is 13.0. The topological polar surface area (TPSA) is 35.2 Å². The maximum atomic E-state index is 6.13. The van der Waals surface area contributed by atoms with Crippen LogP contribution in [0, 0.1) is 17.9 Å². The quantitative estimate of drug-likeness (QED) is 0.828. The summed E-state index contributed by atoms with van der Waals surface area (Å²) in [6, 6.07) is 10.6. The molecule has 0 aliphatic rings. The van der Waals surface area contributed by atoms with Crippen LogP contribution in [0.15, 0.2) is 24.3 Å². The summed E-state index contributed by atoms with van der Waals surface area (Å²) in [5, 5.41) is 0. The SMILES string of the molecule is CC(C)C(CN)(Oc1cc[c]cc1)C(C)C. The summed E-state index contributed by atoms with van der Waals surface area (Å²) in [6.07, 6.45) is 0. The van der Waals surface area contributed by atoms with E-state index in [1.165, 1.54) is 0 Å². The maximum absolute atomic E-state index is 6.13. The maximum Gasteiger partial charge on any atom is 0.126 e. The Morgan fingerprint density at radius 1 is 1.19 bits per heavy atom. The molecule has 0 atom stereocenters. The Hall–Kier alpha value is -1.02. The predicted molar refractivity (Wildman–Crippen MR) is 67.4 cm³/mol. The largest absolute Gasteiger partial charge is 0.485 e. The van der Waals surface area contributed by atoms with Gasteiger partial charge in [0.2, 0.25) is 0 Å². The minimum Gasteiger partial charge on any atom is -0.485 e. The predicted octanol–water partition coefficient (Wildman–Crippen LogP) is 2.88. The van der Waals surface area contributed by atoms with Gasteiger partial charge >= 0.3 is 0 Å². The van der Waals surface area contributed by atoms with E-state index in [0.29, 0.717) is 18.4 Å². The van der Waals surface area contributed by atoms with Gasteiger partial charge in [0.05, 0.1) is 0 Å². The molecule has 0 saturated heterocycles. The first-order valence-electron chi connectivity index (χ1n) is 5.88. The van der Waals surface area contributed by atoms with Crippen molar-refractivity contribution in [3.05, 3.63) is 30.3 Å². The molecule has 1 rings (SSSR count). The molecule has 0 saturated carbocycles. The summed E-state index contributed by atoms with van der Waals surface area (Å²) in [4.78, 5) is 0. The van der Waals surface area contributed by atoms with E-state index in [0.717, 1.165) is 5.75 Å². The Balaban J connectivity index is 2.95. The van der Waals surface area contributed by atoms with Gasteiger partial charge in [0, 0.05) is 6.54 Å². The molecule has 0 fully saturated rings. The number of hydrogen-bond acceptors (Lipinski definition) is 2. The molecule has 0 aromatic heterocycles. The number of nitrogens with two attached hydrogens (primary N) is 1. The van der Waals surface area contributed by atoms with Gasteiger partial charge in [-0.2, -0.15) is 0 Å². The van der Waals surface area contributed by atoms with Crippen molar-refractivity contribution >= 4 is 0 Å². The van der Waals surface area contributed by atoms with Gasteiger partial charge in [0.25, 0.3) is 0 Å². The van der Waals surface area contributed by atoms with Crippen LogP contribution in [0.1, 0.15) is 27.7 Å². The molecule has 1 aromatic carbocycles. The molecular formula is C14H22NO. The van der Waals surface area contributed by atoms with E-state index in [-0.39, 0.29) is 5.60 Å². The van der Waals surface area contributed by atoms with E-state index in [9.17, 15) is 0 Å². The second kappa shape index (κ2) is 5.35. The highest BCUT2D eigenvalue weighted by Gasteiger charge is 2.38. The average Bonchev–Trinajstić information content (AvgIpc) is 2.26. The van der Waals surface area contributed by atoms with Crippen LogP contribution in [0.4, 0.5) is 0 Å². The van der Waals surface area contributed by atoms with Gasteiger partial charge in [-0.1, -0.05) is 39.8 Å². The van der Waals surface area contributed by atoms with Crippen LogP contribution in [0.5, 0.6) is 5.75 Å². The lowest BCUT2D eigenvalue weighted by molar-refractivity contribution is -0.0126. The molecule has 0 heterocycles. The Morgan fingerprint density at radius 2 is 1.69 bits per heavy atom. The first-order valence-corrected chi connectivity index (χ1v) is 5.88. The fraction of sp³-hybridized carbons (Fsp3) is 0.571. The Labute approximate surface area is 98.8 Å². The second-order valence-corrected chi connectivity index (χ2v) is 4.81. The van der Waals surface area contributed by atoms with Crippen molar-refractivity contribution < 1.29 is 4.74 Å². The Kier molecular flexibility index (Phi) is 4.36. The molecule has 0 aliphatic carbocycles. The molecule has 0 unspecified atom stereocenters. The van der Waals surface area contributed by atoms with Gasteiger partial charge in [-0.3, -0.25) is 0 Å². The molecule has 16 heavy (non-hydrogen) atoms. The van der Waals surface area contributed by atoms with Crippen LogP contribution in [-0.2, 0) is 0 Å². The zero-order chi connectivity index (χ0) is 12.2. The lowest BCUT2D eigenvalue weighted by Crippen LogP contribution is -2.52. The van der Waals surface area contributed by atoms with Gasteiger partial charge in [-0.05, 0) is 30.0 Å². The first-order chi connectivity index (χ1) is 7.53. The van der Waals surface area contributed by atoms with Crippen LogP contribution in [0.2, 0.25) is 0 Å². The van der Waals surface area contributed by atoms with Gasteiger partial charge in [0.1, 0.15) is 11.4 Å². The minimum absolute atomic E-state index is 0.290. The summed E-state index contributed by atoms with van der Waals surface area (Å²) in [7, 11) is 0. The zero-order valence-electron chi connectivity index (χ0n) is 10.7. The standard InChI is InChI=1S/C14H22NO/c1-11(2)14(10-15,12(3)4)16-13-8-6-5-7-9-13/h6-9,11-12H,10,15H2,1-4H3. The van der Waals surface area contributed by atoms with Crippen molar-refractivity contribution in [2.75, 3.05) is 6.54 Å². The zero-order valence-corrected chi connectivity index (χ0v) is 10.7. The third-order valence-electron chi connectivity index (χ3n) is 3.27. The number of rotatable bonds is 5. The van der Waals surface area contributed by atoms with E-state index < -0.39 is 0 Å². The van der Waals surface area contributed by atoms with E-state index in [1.807, 2.05) is 24.3 Å². The molecule has 1 aromatic rings. The minimum atomic E-state index is -0.290. The third-order valence-corrected chi connectivity index (χ3v) is 3.27. The van der Waals surface area contributed by atoms with Crippen molar-refractivity contribution in [1.82, 2.24) is 0 Å². The molecular weight excluding hydrogens is 198 g/mol. The van der Waals surface area contributed by atoms with Crippen LogP contribution in [0.25, 0.3) is 0 Å². The molecule has 89 valence electrons. The van der Waals surface area contributed by atoms with Crippen molar-refractivity contribution in [1.29, 1.82) is 0 Å². The number of hydrogen-bond donors (Lipinski definition) is 1. The van der Waals surface area contributed by atoms with Crippen molar-refractivity contribution in [3.63, 3.8) is 0 Å². The Morgan fingerprint density at radius 3 is 2.06 bits per heavy atom. The number of ether oxygens (including phenoxy) is 1. The molecule has 0 amide bonds. The van der Waals surface area contributed by atoms with Gasteiger partial charge in [0.15, 0.2) is 0 Å². The monoisotopic (exact) mass is 220 g/mol. The normalized spacial score (nSPS) is 12.2. The molecule has 2 N–H and O–H groups in total. The highest BCUT2D eigenvalue weighted by atomic mass is 16.5. The highest BCUT2D eigenvalue weighted by molar-refractivity contribution is 5.22. The molecule has 0 bridgehead atoms. The van der Waals surface area contributed by atoms with Gasteiger partial charge < -0.3 is 10.5 Å².